The van der Waals surface area contributed by atoms with Crippen molar-refractivity contribution >= 4 is 11.9 Å². The molecule has 226 valence electrons. The Balaban J connectivity index is 0.00000323. The van der Waals surface area contributed by atoms with Gasteiger partial charge < -0.3 is 30.9 Å². The molecule has 3 saturated carbocycles. The number of hydrogen-bond acceptors (Lipinski definition) is 5. The molecule has 6 rings (SSSR count). The highest BCUT2D eigenvalue weighted by Crippen LogP contribution is 2.64. The van der Waals surface area contributed by atoms with E-state index in [9.17, 15) is 9.59 Å². The van der Waals surface area contributed by atoms with E-state index in [0.29, 0.717) is 35.8 Å². The first-order valence-electron chi connectivity index (χ1n) is 16.3. The smallest absolute Gasteiger partial charge is 0.303 e. The maximum atomic E-state index is 12.4. The number of likely N-dealkylation sites (tertiary alicyclic amines) is 2. The van der Waals surface area contributed by atoms with Gasteiger partial charge in [-0.1, -0.05) is 18.9 Å². The lowest BCUT2D eigenvalue weighted by atomic mass is 9.52. The number of halogens is 1. The van der Waals surface area contributed by atoms with E-state index in [2.05, 4.69) is 24.9 Å². The van der Waals surface area contributed by atoms with Crippen LogP contribution in [0.2, 0.25) is 0 Å². The third-order valence-corrected chi connectivity index (χ3v) is 12.5. The number of piperidine rings is 2. The molecule has 2 aliphatic heterocycles. The summed E-state index contributed by atoms with van der Waals surface area (Å²) in [6.45, 7) is 10.4. The minimum atomic E-state index is -0.151. The van der Waals surface area contributed by atoms with Gasteiger partial charge in [0.2, 0.25) is 0 Å². The Labute approximate surface area is 252 Å². The first-order valence-corrected chi connectivity index (χ1v) is 16.3. The molecular formula is C33H53BrN2O4. The summed E-state index contributed by atoms with van der Waals surface area (Å²) in [5.74, 6) is 2.40. The topological polar surface area (TPSA) is 55.8 Å². The SMILES string of the molecule is CC(=O)OC1C=C2CCC3C(CCC4(C)C3CC([N+]3(C)CCCCC3)C4OC(C)=O)C2CC1N1CCCCC1.[Br-]. The lowest BCUT2D eigenvalue weighted by molar-refractivity contribution is -0.940. The molecule has 0 bridgehead atoms. The molecule has 0 aromatic carbocycles. The van der Waals surface area contributed by atoms with E-state index in [1.54, 1.807) is 19.4 Å². The number of hydrogen-bond donors (Lipinski definition) is 0. The van der Waals surface area contributed by atoms with E-state index < -0.39 is 0 Å². The number of allylic oxidation sites excluding steroid dienone is 1. The first-order chi connectivity index (χ1) is 18.7. The van der Waals surface area contributed by atoms with Crippen LogP contribution in [0.3, 0.4) is 0 Å². The highest BCUT2D eigenvalue weighted by Gasteiger charge is 2.65. The molecule has 5 fully saturated rings. The minimum Gasteiger partial charge on any atom is -1.00 e. The van der Waals surface area contributed by atoms with Gasteiger partial charge in [-0.2, -0.15) is 0 Å². The third-order valence-electron chi connectivity index (χ3n) is 12.5. The number of fused-ring (bicyclic) bond motifs is 5. The van der Waals surface area contributed by atoms with Crippen LogP contribution in [0.15, 0.2) is 11.6 Å². The standard InChI is InChI=1S/C33H53N2O4.BrH/c1-22(36)38-31-19-24-11-12-26-25(27(24)20-29(31)34-15-7-5-8-16-34)13-14-33(3)28(26)21-30(32(33)39-23(2)37)35(4)17-9-6-10-18-35;/h19,25-32H,5-18,20-21H2,1-4H3;1H/q+1;/p-1. The second-order valence-electron chi connectivity index (χ2n) is 14.7. The molecule has 6 nitrogen and oxygen atoms in total. The minimum absolute atomic E-state index is 0. The van der Waals surface area contributed by atoms with E-state index >= 15 is 0 Å². The quantitative estimate of drug-likeness (QED) is 0.275. The maximum absolute atomic E-state index is 12.4. The Morgan fingerprint density at radius 3 is 2.27 bits per heavy atom. The van der Waals surface area contributed by atoms with E-state index in [-0.39, 0.29) is 46.5 Å². The van der Waals surface area contributed by atoms with Gasteiger partial charge >= 0.3 is 11.9 Å². The van der Waals surface area contributed by atoms with Gasteiger partial charge in [-0.3, -0.25) is 14.5 Å². The first kappa shape index (κ1) is 30.5. The normalized spacial score (nSPS) is 42.8. The van der Waals surface area contributed by atoms with Crippen molar-refractivity contribution in [3.63, 3.8) is 0 Å². The van der Waals surface area contributed by atoms with Gasteiger partial charge in [0.15, 0.2) is 6.10 Å². The Hall–Kier alpha value is -0.920. The predicted molar refractivity (Wildman–Crippen MR) is 152 cm³/mol. The van der Waals surface area contributed by atoms with Crippen LogP contribution >= 0.6 is 0 Å². The molecule has 7 heteroatoms. The third kappa shape index (κ3) is 5.45. The summed E-state index contributed by atoms with van der Waals surface area (Å²) in [7, 11) is 2.46. The Morgan fingerprint density at radius 2 is 1.60 bits per heavy atom. The molecule has 0 aromatic heterocycles. The number of likely N-dealkylation sites (N-methyl/N-ethyl adjacent to an activating group) is 1. The number of rotatable bonds is 4. The van der Waals surface area contributed by atoms with Crippen molar-refractivity contribution in [3.05, 3.63) is 11.6 Å². The zero-order valence-corrected chi connectivity index (χ0v) is 27.0. The number of ether oxygens (including phenoxy) is 2. The lowest BCUT2D eigenvalue weighted by Crippen LogP contribution is -3.00. The Kier molecular flexibility index (Phi) is 9.15. The van der Waals surface area contributed by atoms with Gasteiger partial charge in [0.1, 0.15) is 12.1 Å². The van der Waals surface area contributed by atoms with Gasteiger partial charge in [-0.15, -0.1) is 0 Å². The van der Waals surface area contributed by atoms with Crippen molar-refractivity contribution in [2.45, 2.75) is 122 Å². The molecule has 0 amide bonds. The van der Waals surface area contributed by atoms with Crippen molar-refractivity contribution < 1.29 is 40.5 Å². The largest absolute Gasteiger partial charge is 1.00 e. The zero-order chi connectivity index (χ0) is 27.4. The van der Waals surface area contributed by atoms with Gasteiger partial charge in [0, 0.05) is 25.7 Å². The molecule has 40 heavy (non-hydrogen) atoms. The molecule has 4 aliphatic carbocycles. The highest BCUT2D eigenvalue weighted by molar-refractivity contribution is 5.66. The van der Waals surface area contributed by atoms with Crippen LogP contribution in [0, 0.1) is 29.1 Å². The summed E-state index contributed by atoms with van der Waals surface area (Å²) >= 11 is 0. The molecule has 0 aromatic rings. The Bertz CT molecular complexity index is 973. The number of nitrogens with zero attached hydrogens (tertiary/aromatic N) is 2. The van der Waals surface area contributed by atoms with Crippen molar-refractivity contribution in [1.82, 2.24) is 4.90 Å². The Morgan fingerprint density at radius 1 is 0.925 bits per heavy atom. The molecule has 9 atom stereocenters. The van der Waals surface area contributed by atoms with Gasteiger partial charge in [-0.05, 0) is 107 Å². The maximum Gasteiger partial charge on any atom is 0.303 e. The second-order valence-corrected chi connectivity index (χ2v) is 14.7. The monoisotopic (exact) mass is 620 g/mol. The summed E-state index contributed by atoms with van der Waals surface area (Å²) < 4.78 is 13.4. The molecule has 9 unspecified atom stereocenters. The number of carbonyl (C=O) groups excluding carboxylic acids is 2. The average molecular weight is 622 g/mol. The molecule has 0 N–H and O–H groups in total. The molecule has 0 spiro atoms. The van der Waals surface area contributed by atoms with Gasteiger partial charge in [0.25, 0.3) is 0 Å². The van der Waals surface area contributed by atoms with Crippen LogP contribution in [0.5, 0.6) is 0 Å². The summed E-state index contributed by atoms with van der Waals surface area (Å²) in [5, 5.41) is 0. The molecule has 0 radical (unpaired) electrons. The van der Waals surface area contributed by atoms with Crippen molar-refractivity contribution in [2.24, 2.45) is 29.1 Å². The van der Waals surface area contributed by atoms with Gasteiger partial charge in [0.05, 0.1) is 26.2 Å². The van der Waals surface area contributed by atoms with Gasteiger partial charge in [-0.25, -0.2) is 0 Å². The van der Waals surface area contributed by atoms with Crippen LogP contribution in [-0.4, -0.2) is 78.8 Å². The average Bonchev–Trinajstić information content (AvgIpc) is 3.21. The fraction of sp³-hybridized carbons (Fsp3) is 0.879. The number of quaternary nitrogens is 1. The van der Waals surface area contributed by atoms with E-state index in [1.165, 1.54) is 77.3 Å². The fourth-order valence-electron chi connectivity index (χ4n) is 10.7. The summed E-state index contributed by atoms with van der Waals surface area (Å²) in [5.41, 5.74) is 1.65. The van der Waals surface area contributed by atoms with E-state index in [0.717, 1.165) is 30.4 Å². The predicted octanol–water partition coefficient (Wildman–Crippen LogP) is 2.50. The summed E-state index contributed by atoms with van der Waals surface area (Å²) in [4.78, 5) is 27.2. The van der Waals surface area contributed by atoms with Crippen LogP contribution < -0.4 is 17.0 Å². The van der Waals surface area contributed by atoms with Crippen LogP contribution in [0.25, 0.3) is 0 Å². The molecule has 2 saturated heterocycles. The van der Waals surface area contributed by atoms with Crippen molar-refractivity contribution in [1.29, 1.82) is 0 Å². The van der Waals surface area contributed by atoms with Crippen LogP contribution in [0.1, 0.15) is 97.8 Å². The van der Waals surface area contributed by atoms with E-state index in [1.807, 2.05) is 0 Å². The van der Waals surface area contributed by atoms with Crippen LogP contribution in [0.4, 0.5) is 0 Å². The fourth-order valence-corrected chi connectivity index (χ4v) is 10.7. The van der Waals surface area contributed by atoms with E-state index in [4.69, 9.17) is 9.47 Å². The highest BCUT2D eigenvalue weighted by atomic mass is 79.9. The molecular weight excluding hydrogens is 568 g/mol. The number of carbonyl (C=O) groups is 2. The number of esters is 2. The summed E-state index contributed by atoms with van der Waals surface area (Å²) in [6.07, 6.45) is 17.2. The zero-order valence-electron chi connectivity index (χ0n) is 25.4. The second kappa shape index (κ2) is 12.0. The van der Waals surface area contributed by atoms with Crippen LogP contribution in [-0.2, 0) is 19.1 Å². The van der Waals surface area contributed by atoms with Crippen molar-refractivity contribution in [3.8, 4) is 0 Å². The lowest BCUT2D eigenvalue weighted by Gasteiger charge is -2.55. The molecule has 6 aliphatic rings. The molecule has 2 heterocycles. The van der Waals surface area contributed by atoms with Crippen molar-refractivity contribution in [2.75, 3.05) is 33.2 Å². The summed E-state index contributed by atoms with van der Waals surface area (Å²) in [6, 6.07) is 0.749.